The molecule has 0 aliphatic carbocycles. The van der Waals surface area contributed by atoms with Gasteiger partial charge in [0.1, 0.15) is 0 Å². The topological polar surface area (TPSA) is 56.1 Å². The molecule has 0 atom stereocenters. The molecular weight excluding hydrogens is 226 g/mol. The van der Waals surface area contributed by atoms with E-state index >= 15 is 0 Å². The summed E-state index contributed by atoms with van der Waals surface area (Å²) in [6, 6.07) is 7.94. The lowest BCUT2D eigenvalue weighted by Crippen LogP contribution is -2.28. The minimum absolute atomic E-state index is 0.0152. The predicted molar refractivity (Wildman–Crippen MR) is 69.0 cm³/mol. The van der Waals surface area contributed by atoms with Gasteiger partial charge in [-0.25, -0.2) is 0 Å². The SMILES string of the molecule is CN(CCC#N)C(=O)c1ccc2c(c1)CNCC2. The molecule has 0 radical (unpaired) electrons. The van der Waals surface area contributed by atoms with Crippen LogP contribution in [0, 0.1) is 11.3 Å². The molecule has 18 heavy (non-hydrogen) atoms. The first-order valence-electron chi connectivity index (χ1n) is 6.17. The highest BCUT2D eigenvalue weighted by atomic mass is 16.2. The van der Waals surface area contributed by atoms with Gasteiger partial charge in [-0.1, -0.05) is 6.07 Å². The van der Waals surface area contributed by atoms with E-state index in [1.807, 2.05) is 18.2 Å². The second kappa shape index (κ2) is 5.65. The first-order chi connectivity index (χ1) is 8.72. The molecule has 1 amide bonds. The summed E-state index contributed by atoms with van der Waals surface area (Å²) in [5, 5.41) is 11.8. The Morgan fingerprint density at radius 1 is 1.50 bits per heavy atom. The highest BCUT2D eigenvalue weighted by molar-refractivity contribution is 5.94. The molecule has 1 aromatic carbocycles. The molecule has 1 N–H and O–H groups in total. The number of nitriles is 1. The summed E-state index contributed by atoms with van der Waals surface area (Å²) in [5.74, 6) is -0.0152. The van der Waals surface area contributed by atoms with Crippen LogP contribution in [0.3, 0.4) is 0 Å². The summed E-state index contributed by atoms with van der Waals surface area (Å²) in [5.41, 5.74) is 3.24. The van der Waals surface area contributed by atoms with Gasteiger partial charge in [-0.15, -0.1) is 0 Å². The molecule has 94 valence electrons. The minimum atomic E-state index is -0.0152. The van der Waals surface area contributed by atoms with Crippen molar-refractivity contribution >= 4 is 5.91 Å². The first kappa shape index (κ1) is 12.6. The Bertz CT molecular complexity index is 490. The van der Waals surface area contributed by atoms with Gasteiger partial charge < -0.3 is 10.2 Å². The lowest BCUT2D eigenvalue weighted by molar-refractivity contribution is 0.0798. The second-order valence-corrected chi connectivity index (χ2v) is 4.55. The average Bonchev–Trinajstić information content (AvgIpc) is 2.43. The second-order valence-electron chi connectivity index (χ2n) is 4.55. The molecule has 0 saturated carbocycles. The van der Waals surface area contributed by atoms with Gasteiger partial charge in [0.25, 0.3) is 5.91 Å². The molecule has 0 unspecified atom stereocenters. The van der Waals surface area contributed by atoms with Gasteiger partial charge in [0.15, 0.2) is 0 Å². The quantitative estimate of drug-likeness (QED) is 0.871. The summed E-state index contributed by atoms with van der Waals surface area (Å²) in [7, 11) is 1.73. The smallest absolute Gasteiger partial charge is 0.253 e. The zero-order valence-corrected chi connectivity index (χ0v) is 10.6. The highest BCUT2D eigenvalue weighted by Gasteiger charge is 2.15. The molecule has 0 spiro atoms. The van der Waals surface area contributed by atoms with E-state index in [2.05, 4.69) is 11.4 Å². The minimum Gasteiger partial charge on any atom is -0.341 e. The molecule has 0 saturated heterocycles. The van der Waals surface area contributed by atoms with Crippen LogP contribution in [0.15, 0.2) is 18.2 Å². The maximum atomic E-state index is 12.1. The first-order valence-corrected chi connectivity index (χ1v) is 6.17. The van der Waals surface area contributed by atoms with Crippen molar-refractivity contribution in [1.82, 2.24) is 10.2 Å². The number of hydrogen-bond donors (Lipinski definition) is 1. The van der Waals surface area contributed by atoms with Crippen LogP contribution < -0.4 is 5.32 Å². The molecular formula is C14H17N3O. The number of hydrogen-bond acceptors (Lipinski definition) is 3. The summed E-state index contributed by atoms with van der Waals surface area (Å²) in [6.07, 6.45) is 1.39. The number of fused-ring (bicyclic) bond motifs is 1. The van der Waals surface area contributed by atoms with E-state index in [1.54, 1.807) is 11.9 Å². The Kier molecular flexibility index (Phi) is 3.96. The van der Waals surface area contributed by atoms with Gasteiger partial charge in [-0.3, -0.25) is 4.79 Å². The number of rotatable bonds is 3. The zero-order chi connectivity index (χ0) is 13.0. The highest BCUT2D eigenvalue weighted by Crippen LogP contribution is 2.16. The van der Waals surface area contributed by atoms with E-state index in [9.17, 15) is 4.79 Å². The molecule has 1 aromatic rings. The van der Waals surface area contributed by atoms with Crippen LogP contribution in [0.2, 0.25) is 0 Å². The van der Waals surface area contributed by atoms with E-state index in [4.69, 9.17) is 5.26 Å². The van der Waals surface area contributed by atoms with Crippen molar-refractivity contribution in [2.45, 2.75) is 19.4 Å². The van der Waals surface area contributed by atoms with Gasteiger partial charge in [0, 0.05) is 25.7 Å². The van der Waals surface area contributed by atoms with Crippen molar-refractivity contribution < 1.29 is 4.79 Å². The van der Waals surface area contributed by atoms with Crippen LogP contribution >= 0.6 is 0 Å². The molecule has 1 heterocycles. The molecule has 2 rings (SSSR count). The van der Waals surface area contributed by atoms with Crippen molar-refractivity contribution in [2.24, 2.45) is 0 Å². The third-order valence-corrected chi connectivity index (χ3v) is 3.25. The normalized spacial score (nSPS) is 13.6. The van der Waals surface area contributed by atoms with Crippen molar-refractivity contribution in [3.63, 3.8) is 0 Å². The number of nitrogens with zero attached hydrogens (tertiary/aromatic N) is 2. The average molecular weight is 243 g/mol. The van der Waals surface area contributed by atoms with E-state index < -0.39 is 0 Å². The third-order valence-electron chi connectivity index (χ3n) is 3.25. The fourth-order valence-corrected chi connectivity index (χ4v) is 2.15. The van der Waals surface area contributed by atoms with Crippen LogP contribution in [0.25, 0.3) is 0 Å². The number of carbonyl (C=O) groups excluding carboxylic acids is 1. The Labute approximate surface area is 107 Å². The van der Waals surface area contributed by atoms with Gasteiger partial charge >= 0.3 is 0 Å². The summed E-state index contributed by atoms with van der Waals surface area (Å²) >= 11 is 0. The lowest BCUT2D eigenvalue weighted by atomic mass is 9.98. The number of amides is 1. The Morgan fingerprint density at radius 2 is 2.33 bits per heavy atom. The zero-order valence-electron chi connectivity index (χ0n) is 10.6. The molecule has 4 nitrogen and oxygen atoms in total. The molecule has 0 fully saturated rings. The lowest BCUT2D eigenvalue weighted by Gasteiger charge is -2.20. The number of benzene rings is 1. The fourth-order valence-electron chi connectivity index (χ4n) is 2.15. The molecule has 1 aliphatic rings. The van der Waals surface area contributed by atoms with Gasteiger partial charge in [-0.2, -0.15) is 5.26 Å². The van der Waals surface area contributed by atoms with Gasteiger partial charge in [0.2, 0.25) is 0 Å². The summed E-state index contributed by atoms with van der Waals surface area (Å²) in [6.45, 7) is 2.31. The van der Waals surface area contributed by atoms with Crippen LogP contribution in [-0.4, -0.2) is 30.9 Å². The van der Waals surface area contributed by atoms with Gasteiger partial charge in [-0.05, 0) is 36.2 Å². The van der Waals surface area contributed by atoms with Crippen LogP contribution in [0.1, 0.15) is 27.9 Å². The van der Waals surface area contributed by atoms with Gasteiger partial charge in [0.05, 0.1) is 12.5 Å². The maximum Gasteiger partial charge on any atom is 0.253 e. The van der Waals surface area contributed by atoms with E-state index in [-0.39, 0.29) is 5.91 Å². The van der Waals surface area contributed by atoms with Crippen molar-refractivity contribution in [3.8, 4) is 6.07 Å². The maximum absolute atomic E-state index is 12.1. The monoisotopic (exact) mass is 243 g/mol. The Hall–Kier alpha value is -1.86. The summed E-state index contributed by atoms with van der Waals surface area (Å²) in [4.78, 5) is 13.7. The fraction of sp³-hybridized carbons (Fsp3) is 0.429. The van der Waals surface area contributed by atoms with Crippen LogP contribution in [0.5, 0.6) is 0 Å². The standard InChI is InChI=1S/C14H17N3O/c1-17(8-2-6-15)14(18)12-4-3-11-5-7-16-10-13(11)9-12/h3-4,9,16H,2,5,7-8,10H2,1H3. The number of carbonyl (C=O) groups is 1. The van der Waals surface area contributed by atoms with Crippen LogP contribution in [0.4, 0.5) is 0 Å². The van der Waals surface area contributed by atoms with E-state index in [1.165, 1.54) is 11.1 Å². The van der Waals surface area contributed by atoms with Crippen LogP contribution in [-0.2, 0) is 13.0 Å². The third kappa shape index (κ3) is 2.69. The van der Waals surface area contributed by atoms with E-state index in [0.29, 0.717) is 18.5 Å². The molecule has 1 aliphatic heterocycles. The molecule has 4 heteroatoms. The largest absolute Gasteiger partial charge is 0.341 e. The summed E-state index contributed by atoms with van der Waals surface area (Å²) < 4.78 is 0. The number of nitrogens with one attached hydrogen (secondary N) is 1. The van der Waals surface area contributed by atoms with E-state index in [0.717, 1.165) is 19.5 Å². The molecule has 0 aromatic heterocycles. The Balaban J connectivity index is 2.13. The molecule has 0 bridgehead atoms. The van der Waals surface area contributed by atoms with Crippen molar-refractivity contribution in [3.05, 3.63) is 34.9 Å². The van der Waals surface area contributed by atoms with Crippen molar-refractivity contribution in [1.29, 1.82) is 5.26 Å². The predicted octanol–water partition coefficient (Wildman–Crippen LogP) is 1.32. The Morgan fingerprint density at radius 3 is 3.11 bits per heavy atom. The van der Waals surface area contributed by atoms with Crippen molar-refractivity contribution in [2.75, 3.05) is 20.1 Å².